The van der Waals surface area contributed by atoms with E-state index in [1.807, 2.05) is 6.07 Å². The van der Waals surface area contributed by atoms with Crippen molar-refractivity contribution in [2.45, 2.75) is 25.8 Å². The van der Waals surface area contributed by atoms with Gasteiger partial charge in [0.2, 0.25) is 0 Å². The molecule has 1 aliphatic rings. The lowest BCUT2D eigenvalue weighted by Gasteiger charge is -2.15. The van der Waals surface area contributed by atoms with Gasteiger partial charge in [0.25, 0.3) is 5.91 Å². The highest BCUT2D eigenvalue weighted by Crippen LogP contribution is 2.30. The van der Waals surface area contributed by atoms with Crippen molar-refractivity contribution >= 4 is 23.1 Å². The molecule has 0 aliphatic carbocycles. The van der Waals surface area contributed by atoms with Crippen LogP contribution in [0.2, 0.25) is 0 Å². The van der Waals surface area contributed by atoms with Gasteiger partial charge in [-0.15, -0.1) is 0 Å². The predicted octanol–water partition coefficient (Wildman–Crippen LogP) is 3.39. The van der Waals surface area contributed by atoms with Crippen LogP contribution in [0.15, 0.2) is 48.8 Å². The molecule has 4 heterocycles. The molecule has 1 aromatic carbocycles. The maximum Gasteiger partial charge on any atom is 0.250 e. The highest BCUT2D eigenvalue weighted by molar-refractivity contribution is 5.99. The third-order valence-corrected chi connectivity index (χ3v) is 5.54. The number of hydrogen-bond donors (Lipinski definition) is 3. The number of rotatable bonds is 5. The first-order valence-electron chi connectivity index (χ1n) is 10.5. The van der Waals surface area contributed by atoms with Gasteiger partial charge in [-0.2, -0.15) is 0 Å². The molecule has 0 saturated carbocycles. The van der Waals surface area contributed by atoms with Gasteiger partial charge < -0.3 is 16.4 Å². The first-order chi connectivity index (χ1) is 15.6. The molecule has 0 saturated heterocycles. The fourth-order valence-corrected chi connectivity index (χ4v) is 3.97. The summed E-state index contributed by atoms with van der Waals surface area (Å²) in [6.07, 6.45) is 6.28. The number of anilines is 2. The van der Waals surface area contributed by atoms with Crippen LogP contribution in [0.1, 0.15) is 34.3 Å². The van der Waals surface area contributed by atoms with E-state index in [2.05, 4.69) is 15.6 Å². The number of primary amides is 1. The number of aromatic nitrogens is 4. The number of halogens is 1. The van der Waals surface area contributed by atoms with E-state index < -0.39 is 5.91 Å². The Hall–Kier alpha value is -4.01. The summed E-state index contributed by atoms with van der Waals surface area (Å²) in [7, 11) is 0. The average Bonchev–Trinajstić information content (AvgIpc) is 3.08. The largest absolute Gasteiger partial charge is 0.370 e. The van der Waals surface area contributed by atoms with E-state index in [0.29, 0.717) is 35.1 Å². The Balaban J connectivity index is 1.58. The monoisotopic (exact) mass is 431 g/mol. The van der Waals surface area contributed by atoms with E-state index in [0.717, 1.165) is 42.8 Å². The molecule has 4 N–H and O–H groups in total. The Morgan fingerprint density at radius 2 is 2.12 bits per heavy atom. The first kappa shape index (κ1) is 19.9. The molecule has 0 spiro atoms. The Morgan fingerprint density at radius 1 is 1.22 bits per heavy atom. The number of fused-ring (bicyclic) bond motifs is 2. The molecule has 0 fully saturated rings. The van der Waals surface area contributed by atoms with Gasteiger partial charge in [0.15, 0.2) is 11.6 Å². The molecule has 0 unspecified atom stereocenters. The molecule has 1 amide bonds. The highest BCUT2D eigenvalue weighted by Gasteiger charge is 2.20. The number of hydrogen-bond acceptors (Lipinski definition) is 6. The highest BCUT2D eigenvalue weighted by atomic mass is 19.1. The van der Waals surface area contributed by atoms with E-state index in [1.165, 1.54) is 12.1 Å². The van der Waals surface area contributed by atoms with Gasteiger partial charge in [-0.1, -0.05) is 12.1 Å². The maximum atomic E-state index is 13.6. The summed E-state index contributed by atoms with van der Waals surface area (Å²) in [5.74, 6) is 1.57. The van der Waals surface area contributed by atoms with E-state index in [4.69, 9.17) is 15.7 Å². The number of benzene rings is 1. The zero-order valence-electron chi connectivity index (χ0n) is 17.3. The Morgan fingerprint density at radius 3 is 2.97 bits per heavy atom. The molecule has 0 atom stereocenters. The Bertz CT molecular complexity index is 1320. The molecule has 0 bridgehead atoms. The third kappa shape index (κ3) is 3.73. The standard InChI is InChI=1S/C23H22FN7O/c24-15-6-3-5-14(11-15)12-27-21-17-7-1-2-9-26-20(17)29-22(30-21)23-28-13-18-16(19(25)32)8-4-10-31(18)23/h3-6,8,10-11,13H,1-2,7,9,12H2,(H2,25,32)(H2,26,27,29,30). The summed E-state index contributed by atoms with van der Waals surface area (Å²) in [5.41, 5.74) is 8.30. The Labute approximate surface area is 183 Å². The Kier molecular flexibility index (Phi) is 5.14. The number of imidazole rings is 1. The van der Waals surface area contributed by atoms with E-state index >= 15 is 0 Å². The predicted molar refractivity (Wildman–Crippen MR) is 120 cm³/mol. The molecule has 162 valence electrons. The molecule has 32 heavy (non-hydrogen) atoms. The number of carbonyl (C=O) groups excluding carboxylic acids is 1. The van der Waals surface area contributed by atoms with Gasteiger partial charge in [0, 0.05) is 24.8 Å². The minimum Gasteiger partial charge on any atom is -0.370 e. The van der Waals surface area contributed by atoms with Crippen molar-refractivity contribution in [2.24, 2.45) is 5.73 Å². The smallest absolute Gasteiger partial charge is 0.250 e. The van der Waals surface area contributed by atoms with Crippen LogP contribution in [0.4, 0.5) is 16.0 Å². The second-order valence-corrected chi connectivity index (χ2v) is 7.71. The van der Waals surface area contributed by atoms with Gasteiger partial charge in [0.05, 0.1) is 17.3 Å². The SMILES string of the molecule is NC(=O)c1cccn2c(-c3nc4c(c(NCc5cccc(F)c5)n3)CCCCN4)ncc12. The lowest BCUT2D eigenvalue weighted by molar-refractivity contribution is 0.100. The van der Waals surface area contributed by atoms with E-state index in [-0.39, 0.29) is 5.82 Å². The molecular formula is C23H22FN7O. The van der Waals surface area contributed by atoms with Crippen LogP contribution in [0.5, 0.6) is 0 Å². The molecule has 4 aromatic rings. The van der Waals surface area contributed by atoms with E-state index in [1.54, 1.807) is 35.0 Å². The molecule has 8 nitrogen and oxygen atoms in total. The zero-order chi connectivity index (χ0) is 22.1. The van der Waals surface area contributed by atoms with Crippen molar-refractivity contribution in [3.63, 3.8) is 0 Å². The van der Waals surface area contributed by atoms with Crippen LogP contribution in [0, 0.1) is 5.82 Å². The lowest BCUT2D eigenvalue weighted by Crippen LogP contribution is -2.13. The van der Waals surface area contributed by atoms with Gasteiger partial charge in [-0.05, 0) is 49.1 Å². The normalized spacial score (nSPS) is 13.3. The van der Waals surface area contributed by atoms with Crippen LogP contribution in [0.25, 0.3) is 17.2 Å². The average molecular weight is 431 g/mol. The number of nitrogens with two attached hydrogens (primary N) is 1. The van der Waals surface area contributed by atoms with Crippen molar-refractivity contribution in [1.29, 1.82) is 0 Å². The summed E-state index contributed by atoms with van der Waals surface area (Å²) in [6, 6.07) is 9.87. The maximum absolute atomic E-state index is 13.6. The molecule has 5 rings (SSSR count). The van der Waals surface area contributed by atoms with Gasteiger partial charge in [0.1, 0.15) is 17.5 Å². The fraction of sp³-hybridized carbons (Fsp3) is 0.217. The van der Waals surface area contributed by atoms with Crippen LogP contribution in [0.3, 0.4) is 0 Å². The zero-order valence-corrected chi connectivity index (χ0v) is 17.3. The number of carbonyl (C=O) groups is 1. The summed E-state index contributed by atoms with van der Waals surface area (Å²) in [6.45, 7) is 1.25. The van der Waals surface area contributed by atoms with E-state index in [9.17, 15) is 9.18 Å². The summed E-state index contributed by atoms with van der Waals surface area (Å²) < 4.78 is 15.4. The summed E-state index contributed by atoms with van der Waals surface area (Å²) in [4.78, 5) is 25.8. The summed E-state index contributed by atoms with van der Waals surface area (Å²) in [5, 5.41) is 6.75. The van der Waals surface area contributed by atoms with Crippen LogP contribution in [-0.2, 0) is 13.0 Å². The minimum absolute atomic E-state index is 0.276. The first-order valence-corrected chi connectivity index (χ1v) is 10.5. The topological polar surface area (TPSA) is 110 Å². The van der Waals surface area contributed by atoms with Crippen LogP contribution >= 0.6 is 0 Å². The van der Waals surface area contributed by atoms with Gasteiger partial charge in [-0.25, -0.2) is 19.3 Å². The van der Waals surface area contributed by atoms with Gasteiger partial charge in [-0.3, -0.25) is 9.20 Å². The minimum atomic E-state index is -0.524. The lowest BCUT2D eigenvalue weighted by atomic mass is 10.1. The summed E-state index contributed by atoms with van der Waals surface area (Å²) >= 11 is 0. The number of pyridine rings is 1. The molecule has 9 heteroatoms. The third-order valence-electron chi connectivity index (χ3n) is 5.54. The molecule has 0 radical (unpaired) electrons. The number of nitrogens with zero attached hydrogens (tertiary/aromatic N) is 4. The molecule has 3 aromatic heterocycles. The van der Waals surface area contributed by atoms with Crippen LogP contribution < -0.4 is 16.4 Å². The van der Waals surface area contributed by atoms with Crippen molar-refractivity contribution in [2.75, 3.05) is 17.2 Å². The number of nitrogens with one attached hydrogen (secondary N) is 2. The molecule has 1 aliphatic heterocycles. The second kappa shape index (κ2) is 8.26. The van der Waals surface area contributed by atoms with Crippen molar-refractivity contribution in [3.05, 3.63) is 71.3 Å². The molecular weight excluding hydrogens is 409 g/mol. The van der Waals surface area contributed by atoms with Gasteiger partial charge >= 0.3 is 0 Å². The van der Waals surface area contributed by atoms with Crippen LogP contribution in [-0.4, -0.2) is 31.8 Å². The second-order valence-electron chi connectivity index (χ2n) is 7.71. The number of amides is 1. The fourth-order valence-electron chi connectivity index (χ4n) is 3.97. The quantitative estimate of drug-likeness (QED) is 0.447. The van der Waals surface area contributed by atoms with Crippen molar-refractivity contribution in [1.82, 2.24) is 19.4 Å². The van der Waals surface area contributed by atoms with Crippen molar-refractivity contribution in [3.8, 4) is 11.6 Å². The van der Waals surface area contributed by atoms with Crippen molar-refractivity contribution < 1.29 is 9.18 Å².